The van der Waals surface area contributed by atoms with Gasteiger partial charge in [-0.2, -0.15) is 0 Å². The van der Waals surface area contributed by atoms with Crippen molar-refractivity contribution >= 4 is 5.71 Å². The second-order valence-electron chi connectivity index (χ2n) is 7.53. The first-order chi connectivity index (χ1) is 13.8. The van der Waals surface area contributed by atoms with Crippen molar-refractivity contribution in [3.8, 4) is 11.1 Å². The van der Waals surface area contributed by atoms with Crippen LogP contribution in [0, 0.1) is 12.8 Å². The predicted octanol–water partition coefficient (Wildman–Crippen LogP) is 6.56. The van der Waals surface area contributed by atoms with Crippen LogP contribution in [-0.2, 0) is 17.9 Å². The molecule has 28 heavy (non-hydrogen) atoms. The third-order valence-electron chi connectivity index (χ3n) is 5.54. The molecule has 1 aliphatic carbocycles. The molecule has 0 bridgehead atoms. The molecule has 4 rings (SSSR count). The molecule has 3 aromatic rings. The zero-order valence-corrected chi connectivity index (χ0v) is 16.7. The normalized spacial score (nSPS) is 14.1. The molecular formula is C26H27NO. The Hall–Kier alpha value is -2.87. The molecule has 2 nitrogen and oxygen atoms in total. The molecule has 0 unspecified atom stereocenters. The van der Waals surface area contributed by atoms with Crippen LogP contribution in [0.4, 0.5) is 0 Å². The van der Waals surface area contributed by atoms with E-state index in [1.54, 1.807) is 0 Å². The van der Waals surface area contributed by atoms with Crippen molar-refractivity contribution in [2.45, 2.75) is 39.7 Å². The third kappa shape index (κ3) is 4.17. The van der Waals surface area contributed by atoms with Crippen LogP contribution in [0.1, 0.15) is 42.0 Å². The lowest BCUT2D eigenvalue weighted by molar-refractivity contribution is 0.129. The molecular weight excluding hydrogens is 342 g/mol. The van der Waals surface area contributed by atoms with Gasteiger partial charge in [0.1, 0.15) is 6.61 Å². The Balaban J connectivity index is 1.51. The minimum atomic E-state index is 0.496. The quantitative estimate of drug-likeness (QED) is 0.341. The average molecular weight is 370 g/mol. The van der Waals surface area contributed by atoms with Crippen LogP contribution in [0.15, 0.2) is 78.0 Å². The number of oxime groups is 1. The van der Waals surface area contributed by atoms with Crippen molar-refractivity contribution in [1.82, 2.24) is 0 Å². The van der Waals surface area contributed by atoms with Crippen molar-refractivity contribution in [3.63, 3.8) is 0 Å². The molecule has 3 aromatic carbocycles. The molecule has 1 fully saturated rings. The highest BCUT2D eigenvalue weighted by Crippen LogP contribution is 2.34. The average Bonchev–Trinajstić information content (AvgIpc) is 3.58. The molecule has 1 aliphatic rings. The zero-order chi connectivity index (χ0) is 19.3. The van der Waals surface area contributed by atoms with Gasteiger partial charge in [0, 0.05) is 5.92 Å². The maximum Gasteiger partial charge on any atom is 0.142 e. The van der Waals surface area contributed by atoms with Crippen molar-refractivity contribution in [1.29, 1.82) is 0 Å². The van der Waals surface area contributed by atoms with Crippen molar-refractivity contribution in [3.05, 3.63) is 95.1 Å². The molecule has 0 amide bonds. The monoisotopic (exact) mass is 369 g/mol. The lowest BCUT2D eigenvalue weighted by Gasteiger charge is -2.12. The Morgan fingerprint density at radius 3 is 2.36 bits per heavy atom. The Bertz CT molecular complexity index is 953. The maximum atomic E-state index is 5.85. The molecule has 0 atom stereocenters. The maximum absolute atomic E-state index is 5.85. The van der Waals surface area contributed by atoms with Gasteiger partial charge in [0.2, 0.25) is 0 Å². The molecule has 1 saturated carbocycles. The molecule has 0 spiro atoms. The first kappa shape index (κ1) is 18.5. The molecule has 0 radical (unpaired) electrons. The van der Waals surface area contributed by atoms with Crippen LogP contribution in [0.2, 0.25) is 0 Å². The van der Waals surface area contributed by atoms with Crippen molar-refractivity contribution in [2.24, 2.45) is 11.1 Å². The fourth-order valence-electron chi connectivity index (χ4n) is 3.57. The number of aryl methyl sites for hydroxylation is 1. The van der Waals surface area contributed by atoms with E-state index in [9.17, 15) is 0 Å². The number of benzene rings is 3. The fourth-order valence-corrected chi connectivity index (χ4v) is 3.57. The van der Waals surface area contributed by atoms with Crippen LogP contribution >= 0.6 is 0 Å². The highest BCUT2D eigenvalue weighted by atomic mass is 16.6. The number of hydrogen-bond donors (Lipinski definition) is 0. The lowest BCUT2D eigenvalue weighted by Crippen LogP contribution is -2.05. The van der Waals surface area contributed by atoms with E-state index < -0.39 is 0 Å². The highest BCUT2D eigenvalue weighted by molar-refractivity contribution is 6.03. The van der Waals surface area contributed by atoms with Gasteiger partial charge in [-0.05, 0) is 59.6 Å². The van der Waals surface area contributed by atoms with Gasteiger partial charge in [-0.15, -0.1) is 0 Å². The highest BCUT2D eigenvalue weighted by Gasteiger charge is 2.29. The molecule has 0 aromatic heterocycles. The smallest absolute Gasteiger partial charge is 0.142 e. The molecule has 0 saturated heterocycles. The Labute approximate surface area is 167 Å². The Morgan fingerprint density at radius 1 is 0.929 bits per heavy atom. The molecule has 2 heteroatoms. The third-order valence-corrected chi connectivity index (χ3v) is 5.54. The van der Waals surface area contributed by atoms with E-state index in [0.29, 0.717) is 12.5 Å². The predicted molar refractivity (Wildman–Crippen MR) is 116 cm³/mol. The summed E-state index contributed by atoms with van der Waals surface area (Å²) in [7, 11) is 0. The summed E-state index contributed by atoms with van der Waals surface area (Å²) in [5, 5.41) is 4.57. The van der Waals surface area contributed by atoms with E-state index in [1.165, 1.54) is 46.2 Å². The fraction of sp³-hybridized carbons (Fsp3) is 0.269. The van der Waals surface area contributed by atoms with Crippen molar-refractivity contribution in [2.75, 3.05) is 0 Å². The van der Waals surface area contributed by atoms with Gasteiger partial charge in [-0.3, -0.25) is 0 Å². The number of hydrogen-bond acceptors (Lipinski definition) is 2. The van der Waals surface area contributed by atoms with Crippen LogP contribution < -0.4 is 0 Å². The summed E-state index contributed by atoms with van der Waals surface area (Å²) in [4.78, 5) is 5.85. The van der Waals surface area contributed by atoms with Crippen LogP contribution in [-0.4, -0.2) is 5.71 Å². The second-order valence-corrected chi connectivity index (χ2v) is 7.53. The molecule has 0 N–H and O–H groups in total. The summed E-state index contributed by atoms with van der Waals surface area (Å²) in [6.45, 7) is 4.84. The minimum Gasteiger partial charge on any atom is -0.391 e. The van der Waals surface area contributed by atoms with Gasteiger partial charge in [-0.25, -0.2) is 0 Å². The topological polar surface area (TPSA) is 21.6 Å². The van der Waals surface area contributed by atoms with E-state index in [0.717, 1.165) is 12.1 Å². The van der Waals surface area contributed by atoms with E-state index in [4.69, 9.17) is 4.84 Å². The Morgan fingerprint density at radius 2 is 1.68 bits per heavy atom. The summed E-state index contributed by atoms with van der Waals surface area (Å²) in [5.74, 6) is 0.546. The first-order valence-electron chi connectivity index (χ1n) is 10.2. The van der Waals surface area contributed by atoms with E-state index in [-0.39, 0.29) is 0 Å². The largest absolute Gasteiger partial charge is 0.391 e. The summed E-state index contributed by atoms with van der Waals surface area (Å²) < 4.78 is 0. The number of rotatable bonds is 7. The van der Waals surface area contributed by atoms with Crippen LogP contribution in [0.5, 0.6) is 0 Å². The summed E-state index contributed by atoms with van der Waals surface area (Å²) in [6.07, 6.45) is 3.48. The SMILES string of the molecule is CCc1ccc(/C(=N/OCc2cccc(-c3ccccc3)c2C)C2CC2)cc1. The molecule has 0 aliphatic heterocycles. The molecule has 142 valence electrons. The first-order valence-corrected chi connectivity index (χ1v) is 10.2. The standard InChI is InChI=1S/C26H27NO/c1-3-20-12-14-22(15-13-20)26(23-16-17-23)27-28-18-24-10-7-11-25(19(24)2)21-8-5-4-6-9-21/h4-15,23H,3,16-18H2,1-2H3/b27-26-. The molecule has 0 heterocycles. The van der Waals surface area contributed by atoms with E-state index >= 15 is 0 Å². The van der Waals surface area contributed by atoms with Gasteiger partial charge < -0.3 is 4.84 Å². The van der Waals surface area contributed by atoms with Gasteiger partial charge in [0.15, 0.2) is 0 Å². The van der Waals surface area contributed by atoms with Gasteiger partial charge in [-0.1, -0.05) is 84.9 Å². The summed E-state index contributed by atoms with van der Waals surface area (Å²) in [6, 6.07) is 25.7. The number of nitrogens with zero attached hydrogens (tertiary/aromatic N) is 1. The van der Waals surface area contributed by atoms with Gasteiger partial charge >= 0.3 is 0 Å². The summed E-state index contributed by atoms with van der Waals surface area (Å²) >= 11 is 0. The van der Waals surface area contributed by atoms with Gasteiger partial charge in [0.05, 0.1) is 5.71 Å². The van der Waals surface area contributed by atoms with Crippen LogP contribution in [0.3, 0.4) is 0 Å². The van der Waals surface area contributed by atoms with Crippen molar-refractivity contribution < 1.29 is 4.84 Å². The van der Waals surface area contributed by atoms with E-state index in [2.05, 4.69) is 85.7 Å². The second kappa shape index (κ2) is 8.43. The Kier molecular flexibility index (Phi) is 5.57. The zero-order valence-electron chi connectivity index (χ0n) is 16.7. The van der Waals surface area contributed by atoms with E-state index in [1.807, 2.05) is 6.07 Å². The van der Waals surface area contributed by atoms with Gasteiger partial charge in [0.25, 0.3) is 0 Å². The minimum absolute atomic E-state index is 0.496. The lowest BCUT2D eigenvalue weighted by atomic mass is 9.97. The summed E-state index contributed by atoms with van der Waals surface area (Å²) in [5.41, 5.74) is 8.57. The van der Waals surface area contributed by atoms with Crippen LogP contribution in [0.25, 0.3) is 11.1 Å².